The lowest BCUT2D eigenvalue weighted by molar-refractivity contribution is -0.216. The number of benzene rings is 1. The van der Waals surface area contributed by atoms with Gasteiger partial charge < -0.3 is 9.47 Å². The Morgan fingerprint density at radius 1 is 1.19 bits per heavy atom. The molecule has 0 saturated heterocycles. The zero-order valence-electron chi connectivity index (χ0n) is 8.64. The fourth-order valence-corrected chi connectivity index (χ4v) is 1.34. The van der Waals surface area contributed by atoms with Crippen LogP contribution < -0.4 is 4.74 Å². The monoisotopic (exact) mass is 238 g/mol. The molecule has 0 amide bonds. The van der Waals surface area contributed by atoms with Crippen LogP contribution >= 0.6 is 0 Å². The van der Waals surface area contributed by atoms with Gasteiger partial charge in [0.25, 0.3) is 0 Å². The summed E-state index contributed by atoms with van der Waals surface area (Å²) in [5.41, 5.74) is -0.251. The highest BCUT2D eigenvalue weighted by Gasteiger charge is 2.42. The Balaban J connectivity index is 3.20. The fourth-order valence-electron chi connectivity index (χ4n) is 1.34. The number of hydrogen-bond acceptors (Lipinski definition) is 2. The molecule has 1 atom stereocenters. The molecule has 0 aliphatic rings. The number of ether oxygens (including phenoxy) is 2. The summed E-state index contributed by atoms with van der Waals surface area (Å²) in [4.78, 5) is 0. The average molecular weight is 238 g/mol. The number of methoxy groups -OCH3 is 2. The molecule has 0 heterocycles. The summed E-state index contributed by atoms with van der Waals surface area (Å²) < 4.78 is 59.5. The minimum atomic E-state index is -4.57. The lowest BCUT2D eigenvalue weighted by atomic mass is 10.1. The van der Waals surface area contributed by atoms with E-state index in [1.807, 2.05) is 0 Å². The van der Waals surface area contributed by atoms with Crippen molar-refractivity contribution in [2.24, 2.45) is 0 Å². The maximum atomic E-state index is 12.8. The Hall–Kier alpha value is -1.30. The van der Waals surface area contributed by atoms with E-state index in [4.69, 9.17) is 0 Å². The van der Waals surface area contributed by atoms with Gasteiger partial charge in [-0.15, -0.1) is 0 Å². The predicted octanol–water partition coefficient (Wildman–Crippen LogP) is 3.08. The molecule has 0 fully saturated rings. The highest BCUT2D eigenvalue weighted by atomic mass is 19.4. The Morgan fingerprint density at radius 2 is 1.81 bits per heavy atom. The van der Waals surface area contributed by atoms with Gasteiger partial charge >= 0.3 is 6.18 Å². The van der Waals surface area contributed by atoms with E-state index >= 15 is 0 Å². The molecule has 0 spiro atoms. The number of rotatable bonds is 3. The van der Waals surface area contributed by atoms with Gasteiger partial charge in [0.2, 0.25) is 0 Å². The molecule has 1 unspecified atom stereocenters. The molecule has 0 bridgehead atoms. The van der Waals surface area contributed by atoms with Gasteiger partial charge in [0.05, 0.1) is 7.11 Å². The van der Waals surface area contributed by atoms with E-state index in [0.717, 1.165) is 25.3 Å². The second kappa shape index (κ2) is 4.69. The van der Waals surface area contributed by atoms with Crippen LogP contribution in [0.15, 0.2) is 18.2 Å². The van der Waals surface area contributed by atoms with E-state index in [9.17, 15) is 17.6 Å². The van der Waals surface area contributed by atoms with Crippen LogP contribution in [0.3, 0.4) is 0 Å². The molecule has 90 valence electrons. The van der Waals surface area contributed by atoms with Crippen molar-refractivity contribution in [1.82, 2.24) is 0 Å². The minimum absolute atomic E-state index is 0.191. The van der Waals surface area contributed by atoms with Crippen molar-refractivity contribution in [1.29, 1.82) is 0 Å². The molecule has 16 heavy (non-hydrogen) atoms. The van der Waals surface area contributed by atoms with E-state index in [1.165, 1.54) is 7.11 Å². The molecule has 1 aromatic rings. The molecule has 0 aliphatic heterocycles. The zero-order valence-corrected chi connectivity index (χ0v) is 8.64. The topological polar surface area (TPSA) is 18.5 Å². The maximum Gasteiger partial charge on any atom is 0.418 e. The molecule has 1 aromatic carbocycles. The van der Waals surface area contributed by atoms with Gasteiger partial charge in [-0.2, -0.15) is 13.2 Å². The summed E-state index contributed by atoms with van der Waals surface area (Å²) >= 11 is 0. The summed E-state index contributed by atoms with van der Waals surface area (Å²) in [6.45, 7) is 0. The largest absolute Gasteiger partial charge is 0.496 e. The van der Waals surface area contributed by atoms with Gasteiger partial charge in [-0.05, 0) is 12.1 Å². The van der Waals surface area contributed by atoms with Crippen molar-refractivity contribution in [3.8, 4) is 5.75 Å². The van der Waals surface area contributed by atoms with E-state index in [1.54, 1.807) is 0 Å². The molecule has 1 rings (SSSR count). The summed E-state index contributed by atoms with van der Waals surface area (Å²) in [6.07, 6.45) is -6.69. The van der Waals surface area contributed by atoms with Crippen LogP contribution in [-0.2, 0) is 4.74 Å². The normalized spacial score (nSPS) is 13.6. The van der Waals surface area contributed by atoms with Crippen molar-refractivity contribution >= 4 is 0 Å². The van der Waals surface area contributed by atoms with E-state index in [0.29, 0.717) is 0 Å². The quantitative estimate of drug-likeness (QED) is 0.753. The standard InChI is InChI=1S/C10H10F4O2/c1-15-8-5-6(11)3-4-7(8)9(16-2)10(12,13)14/h3-5,9H,1-2H3. The first-order chi connectivity index (χ1) is 7.40. The molecule has 0 aromatic heterocycles. The minimum Gasteiger partial charge on any atom is -0.496 e. The van der Waals surface area contributed by atoms with Gasteiger partial charge in [0.1, 0.15) is 11.6 Å². The molecule has 0 aliphatic carbocycles. The SMILES string of the molecule is COc1cc(F)ccc1C(OC)C(F)(F)F. The van der Waals surface area contributed by atoms with Crippen molar-refractivity contribution in [2.75, 3.05) is 14.2 Å². The zero-order chi connectivity index (χ0) is 12.3. The van der Waals surface area contributed by atoms with Crippen LogP contribution in [0.25, 0.3) is 0 Å². The second-order valence-corrected chi connectivity index (χ2v) is 3.04. The number of halogens is 4. The lowest BCUT2D eigenvalue weighted by Crippen LogP contribution is -2.23. The van der Waals surface area contributed by atoms with Crippen LogP contribution in [0.4, 0.5) is 17.6 Å². The Bertz CT molecular complexity index is 362. The molecule has 0 saturated carbocycles. The van der Waals surface area contributed by atoms with Crippen LogP contribution in [0, 0.1) is 5.82 Å². The first kappa shape index (κ1) is 12.8. The van der Waals surface area contributed by atoms with Crippen molar-refractivity contribution < 1.29 is 27.0 Å². The van der Waals surface area contributed by atoms with Crippen LogP contribution in [0.2, 0.25) is 0 Å². The van der Waals surface area contributed by atoms with E-state index in [-0.39, 0.29) is 11.3 Å². The third kappa shape index (κ3) is 2.63. The summed E-state index contributed by atoms with van der Waals surface area (Å²) in [6, 6.07) is 2.80. The Morgan fingerprint density at radius 3 is 2.25 bits per heavy atom. The van der Waals surface area contributed by atoms with Gasteiger partial charge in [-0.1, -0.05) is 0 Å². The second-order valence-electron chi connectivity index (χ2n) is 3.04. The first-order valence-electron chi connectivity index (χ1n) is 4.33. The van der Waals surface area contributed by atoms with Crippen LogP contribution in [-0.4, -0.2) is 20.4 Å². The highest BCUT2D eigenvalue weighted by molar-refractivity contribution is 5.36. The van der Waals surface area contributed by atoms with E-state index in [2.05, 4.69) is 9.47 Å². The first-order valence-corrected chi connectivity index (χ1v) is 4.33. The van der Waals surface area contributed by atoms with Crippen molar-refractivity contribution in [3.05, 3.63) is 29.6 Å². The Kier molecular flexibility index (Phi) is 3.74. The van der Waals surface area contributed by atoms with Gasteiger partial charge in [-0.25, -0.2) is 4.39 Å². The van der Waals surface area contributed by atoms with E-state index < -0.39 is 18.1 Å². The van der Waals surface area contributed by atoms with Crippen LogP contribution in [0.1, 0.15) is 11.7 Å². The average Bonchev–Trinajstić information content (AvgIpc) is 2.19. The molecular weight excluding hydrogens is 228 g/mol. The fraction of sp³-hybridized carbons (Fsp3) is 0.400. The molecule has 0 radical (unpaired) electrons. The van der Waals surface area contributed by atoms with Crippen molar-refractivity contribution in [3.63, 3.8) is 0 Å². The number of hydrogen-bond donors (Lipinski definition) is 0. The molecular formula is C10H10F4O2. The number of alkyl halides is 3. The van der Waals surface area contributed by atoms with Gasteiger partial charge in [-0.3, -0.25) is 0 Å². The highest BCUT2D eigenvalue weighted by Crippen LogP contribution is 2.39. The third-order valence-corrected chi connectivity index (χ3v) is 2.01. The third-order valence-electron chi connectivity index (χ3n) is 2.01. The Labute approximate surface area is 89.8 Å². The van der Waals surface area contributed by atoms with Crippen LogP contribution in [0.5, 0.6) is 5.75 Å². The van der Waals surface area contributed by atoms with Gasteiger partial charge in [0.15, 0.2) is 6.10 Å². The summed E-state index contributed by atoms with van der Waals surface area (Å²) in [7, 11) is 2.10. The predicted molar refractivity (Wildman–Crippen MR) is 48.8 cm³/mol. The maximum absolute atomic E-state index is 12.8. The lowest BCUT2D eigenvalue weighted by Gasteiger charge is -2.21. The molecule has 6 heteroatoms. The smallest absolute Gasteiger partial charge is 0.418 e. The van der Waals surface area contributed by atoms with Gasteiger partial charge in [0, 0.05) is 18.7 Å². The summed E-state index contributed by atoms with van der Waals surface area (Å²) in [5.74, 6) is -0.859. The van der Waals surface area contributed by atoms with Crippen molar-refractivity contribution in [2.45, 2.75) is 12.3 Å². The molecule has 2 nitrogen and oxygen atoms in total. The summed E-state index contributed by atoms with van der Waals surface area (Å²) in [5, 5.41) is 0. The molecule has 0 N–H and O–H groups in total.